The molecule has 9 nitrogen and oxygen atoms in total. The average Bonchev–Trinajstić information content (AvgIpc) is 2.62. The summed E-state index contributed by atoms with van der Waals surface area (Å²) in [6.07, 6.45) is -8.29. The molecule has 1 aromatic rings. The lowest BCUT2D eigenvalue weighted by atomic mass is 9.96. The average molecular weight is 454 g/mol. The molecule has 1 unspecified atom stereocenters. The van der Waals surface area contributed by atoms with Crippen LogP contribution < -0.4 is 4.74 Å². The molecule has 2 atom stereocenters. The van der Waals surface area contributed by atoms with Crippen LogP contribution in [0, 0.1) is 24.0 Å². The van der Waals surface area contributed by atoms with Crippen molar-refractivity contribution in [2.75, 3.05) is 6.61 Å². The molecule has 0 amide bonds. The summed E-state index contributed by atoms with van der Waals surface area (Å²) in [7, 11) is 0. The number of fused-ring (bicyclic) bond motifs is 1. The zero-order valence-electron chi connectivity index (χ0n) is 15.7. The van der Waals surface area contributed by atoms with Gasteiger partial charge in [0.05, 0.1) is 5.57 Å². The van der Waals surface area contributed by atoms with Gasteiger partial charge in [-0.3, -0.25) is 0 Å². The summed E-state index contributed by atoms with van der Waals surface area (Å²) in [4.78, 5) is 37.5. The Balaban J connectivity index is 2.27. The van der Waals surface area contributed by atoms with E-state index in [1.165, 1.54) is 6.07 Å². The minimum Gasteiger partial charge on any atom is -0.475 e. The van der Waals surface area contributed by atoms with Crippen molar-refractivity contribution in [2.45, 2.75) is 39.3 Å². The van der Waals surface area contributed by atoms with Gasteiger partial charge in [-0.1, -0.05) is 11.6 Å². The highest BCUT2D eigenvalue weighted by Crippen LogP contribution is 2.41. The third-order valence-corrected chi connectivity index (χ3v) is 4.49. The highest BCUT2D eigenvalue weighted by atomic mass is 35.5. The fourth-order valence-electron chi connectivity index (χ4n) is 2.61. The molecule has 2 rings (SSSR count). The molecule has 1 aliphatic rings. The molecule has 30 heavy (non-hydrogen) atoms. The van der Waals surface area contributed by atoms with Crippen LogP contribution in [0.2, 0.25) is 5.02 Å². The number of benzene rings is 1. The Morgan fingerprint density at radius 3 is 2.53 bits per heavy atom. The van der Waals surface area contributed by atoms with Gasteiger partial charge in [-0.2, -0.15) is 13.2 Å². The molecule has 0 saturated heterocycles. The second kappa shape index (κ2) is 8.78. The van der Waals surface area contributed by atoms with Crippen molar-refractivity contribution in [1.29, 1.82) is 0 Å². The van der Waals surface area contributed by atoms with Crippen molar-refractivity contribution in [1.82, 2.24) is 0 Å². The van der Waals surface area contributed by atoms with Gasteiger partial charge < -0.3 is 19.0 Å². The standard InChI is InChI=1S/C17H15ClF3NO8/c1-7-4-12-10(8(2)14(7)18)5-11(15(30-12)17(19,20)21)16(24)29-9(3)28-13(23)6-27-22(25)26/h4-5,9,15H,6H2,1-3H3/t9-,15?/m1/s1. The molecule has 164 valence electrons. The monoisotopic (exact) mass is 453 g/mol. The first kappa shape index (κ1) is 23.3. The van der Waals surface area contributed by atoms with Gasteiger partial charge in [-0.05, 0) is 37.1 Å². The Kier molecular flexibility index (Phi) is 6.80. The van der Waals surface area contributed by atoms with Crippen LogP contribution in [0.4, 0.5) is 13.2 Å². The SMILES string of the molecule is Cc1cc2c(c(C)c1Cl)C=C(C(=O)O[C@H](C)OC(=O)CO[N+](=O)[O-])C(C(F)(F)F)O2. The van der Waals surface area contributed by atoms with Gasteiger partial charge in [-0.25, -0.2) is 9.59 Å². The molecule has 0 aliphatic carbocycles. The van der Waals surface area contributed by atoms with Gasteiger partial charge in [0.15, 0.2) is 6.61 Å². The predicted octanol–water partition coefficient (Wildman–Crippen LogP) is 3.30. The maximum Gasteiger partial charge on any atom is 0.430 e. The van der Waals surface area contributed by atoms with Crippen LogP contribution in [0.3, 0.4) is 0 Å². The lowest BCUT2D eigenvalue weighted by Crippen LogP contribution is -2.41. The van der Waals surface area contributed by atoms with E-state index >= 15 is 0 Å². The number of alkyl halides is 3. The summed E-state index contributed by atoms with van der Waals surface area (Å²) >= 11 is 6.12. The minimum atomic E-state index is -4.95. The maximum absolute atomic E-state index is 13.5. The van der Waals surface area contributed by atoms with E-state index in [0.717, 1.165) is 13.0 Å². The second-order valence-corrected chi connectivity index (χ2v) is 6.52. The van der Waals surface area contributed by atoms with E-state index in [-0.39, 0.29) is 11.3 Å². The summed E-state index contributed by atoms with van der Waals surface area (Å²) in [6.45, 7) is 3.09. The molecule has 0 N–H and O–H groups in total. The van der Waals surface area contributed by atoms with Crippen LogP contribution in [-0.4, -0.2) is 42.2 Å². The van der Waals surface area contributed by atoms with Gasteiger partial charge in [0.1, 0.15) is 5.75 Å². The van der Waals surface area contributed by atoms with E-state index in [4.69, 9.17) is 21.1 Å². The molecule has 0 fully saturated rings. The number of carbonyl (C=O) groups excluding carboxylic acids is 2. The van der Waals surface area contributed by atoms with E-state index in [1.54, 1.807) is 13.8 Å². The molecule has 0 radical (unpaired) electrons. The fraction of sp³-hybridized carbons (Fsp3) is 0.412. The van der Waals surface area contributed by atoms with Crippen LogP contribution in [0.25, 0.3) is 6.08 Å². The Morgan fingerprint density at radius 2 is 1.97 bits per heavy atom. The molecule has 13 heteroatoms. The molecular formula is C17H15ClF3NO8. The number of ether oxygens (including phenoxy) is 3. The van der Waals surface area contributed by atoms with E-state index in [0.29, 0.717) is 16.1 Å². The molecule has 0 spiro atoms. The molecule has 0 bridgehead atoms. The number of rotatable bonds is 6. The van der Waals surface area contributed by atoms with Crippen LogP contribution in [-0.2, 0) is 23.9 Å². The van der Waals surface area contributed by atoms with Crippen LogP contribution in [0.5, 0.6) is 5.75 Å². The molecule has 1 aromatic carbocycles. The number of carbonyl (C=O) groups is 2. The highest BCUT2D eigenvalue weighted by molar-refractivity contribution is 6.32. The maximum atomic E-state index is 13.5. The predicted molar refractivity (Wildman–Crippen MR) is 94.0 cm³/mol. The minimum absolute atomic E-state index is 0.107. The Bertz CT molecular complexity index is 915. The Hall–Kier alpha value is -3.02. The summed E-state index contributed by atoms with van der Waals surface area (Å²) in [5.41, 5.74) is 0.171. The lowest BCUT2D eigenvalue weighted by molar-refractivity contribution is -0.754. The van der Waals surface area contributed by atoms with Gasteiger partial charge >= 0.3 is 18.1 Å². The first-order chi connectivity index (χ1) is 13.8. The molecule has 0 aromatic heterocycles. The Labute approximate surface area is 172 Å². The zero-order valence-corrected chi connectivity index (χ0v) is 16.5. The topological polar surface area (TPSA) is 114 Å². The smallest absolute Gasteiger partial charge is 0.430 e. The van der Waals surface area contributed by atoms with Crippen LogP contribution >= 0.6 is 11.6 Å². The van der Waals surface area contributed by atoms with E-state index in [9.17, 15) is 32.9 Å². The second-order valence-electron chi connectivity index (χ2n) is 6.14. The number of hydrogen-bond acceptors (Lipinski definition) is 8. The van der Waals surface area contributed by atoms with E-state index in [1.807, 2.05) is 0 Å². The van der Waals surface area contributed by atoms with E-state index < -0.39 is 47.8 Å². The quantitative estimate of drug-likeness (QED) is 0.279. The molecular weight excluding hydrogens is 439 g/mol. The summed E-state index contributed by atoms with van der Waals surface area (Å²) < 4.78 is 54.7. The van der Waals surface area contributed by atoms with Crippen molar-refractivity contribution >= 4 is 29.6 Å². The third kappa shape index (κ3) is 5.32. The number of hydrogen-bond donors (Lipinski definition) is 0. The molecule has 0 saturated carbocycles. The Morgan fingerprint density at radius 1 is 1.33 bits per heavy atom. The number of nitrogens with zero attached hydrogens (tertiary/aromatic N) is 1. The summed E-state index contributed by atoms with van der Waals surface area (Å²) in [5.74, 6) is -2.84. The molecule has 1 heterocycles. The summed E-state index contributed by atoms with van der Waals surface area (Å²) in [5, 5.41) is 9.07. The van der Waals surface area contributed by atoms with Crippen molar-refractivity contribution in [3.05, 3.63) is 43.5 Å². The van der Waals surface area contributed by atoms with Gasteiger partial charge in [0.25, 0.3) is 5.09 Å². The van der Waals surface area contributed by atoms with E-state index in [2.05, 4.69) is 9.57 Å². The lowest BCUT2D eigenvalue weighted by Gasteiger charge is -2.29. The number of esters is 2. The molecule has 1 aliphatic heterocycles. The largest absolute Gasteiger partial charge is 0.475 e. The van der Waals surface area contributed by atoms with Crippen molar-refractivity contribution in [3.63, 3.8) is 0 Å². The van der Waals surface area contributed by atoms with Crippen molar-refractivity contribution < 1.29 is 46.9 Å². The van der Waals surface area contributed by atoms with Crippen molar-refractivity contribution in [2.24, 2.45) is 0 Å². The van der Waals surface area contributed by atoms with Gasteiger partial charge in [0, 0.05) is 17.5 Å². The first-order valence-electron chi connectivity index (χ1n) is 8.23. The zero-order chi connectivity index (χ0) is 22.8. The fourth-order valence-corrected chi connectivity index (χ4v) is 2.77. The highest BCUT2D eigenvalue weighted by Gasteiger charge is 2.49. The third-order valence-electron chi connectivity index (χ3n) is 3.91. The summed E-state index contributed by atoms with van der Waals surface area (Å²) in [6, 6.07) is 1.32. The van der Waals surface area contributed by atoms with Crippen molar-refractivity contribution in [3.8, 4) is 5.75 Å². The number of aryl methyl sites for hydroxylation is 1. The first-order valence-corrected chi connectivity index (χ1v) is 8.61. The van der Waals surface area contributed by atoms with Gasteiger partial charge in [-0.15, -0.1) is 10.1 Å². The normalized spacial score (nSPS) is 16.5. The van der Waals surface area contributed by atoms with Gasteiger partial charge in [0.2, 0.25) is 12.4 Å². The number of halogens is 4. The van der Waals surface area contributed by atoms with Crippen LogP contribution in [0.1, 0.15) is 23.6 Å². The van der Waals surface area contributed by atoms with Crippen LogP contribution in [0.15, 0.2) is 11.6 Å².